The summed E-state index contributed by atoms with van der Waals surface area (Å²) in [5.74, 6) is -2.49. The molecule has 1 atom stereocenters. The van der Waals surface area contributed by atoms with E-state index in [1.165, 1.54) is 6.92 Å². The third-order valence-corrected chi connectivity index (χ3v) is 4.07. The highest BCUT2D eigenvalue weighted by Gasteiger charge is 2.49. The Morgan fingerprint density at radius 3 is 2.39 bits per heavy atom. The lowest BCUT2D eigenvalue weighted by Gasteiger charge is -2.22. The first-order valence-corrected chi connectivity index (χ1v) is 8.51. The van der Waals surface area contributed by atoms with E-state index in [2.05, 4.69) is 10.1 Å². The Labute approximate surface area is 161 Å². The molecule has 28 heavy (non-hydrogen) atoms. The summed E-state index contributed by atoms with van der Waals surface area (Å²) in [5.41, 5.74) is 0.249. The molecule has 1 aliphatic heterocycles. The van der Waals surface area contributed by atoms with Crippen molar-refractivity contribution in [2.24, 2.45) is 0 Å². The van der Waals surface area contributed by atoms with Gasteiger partial charge in [-0.3, -0.25) is 24.6 Å². The van der Waals surface area contributed by atoms with E-state index in [9.17, 15) is 24.0 Å². The molecule has 0 radical (unpaired) electrons. The van der Waals surface area contributed by atoms with Crippen LogP contribution in [0, 0.1) is 6.92 Å². The number of aryl methyl sites for hydroxylation is 1. The fraction of sp³-hybridized carbons (Fsp3) is 0.389. The predicted octanol–water partition coefficient (Wildman–Crippen LogP) is 0.578. The number of urea groups is 1. The Balaban J connectivity index is 1.95. The first-order valence-electron chi connectivity index (χ1n) is 8.51. The van der Waals surface area contributed by atoms with Crippen molar-refractivity contribution < 1.29 is 33.4 Å². The number of benzene rings is 1. The van der Waals surface area contributed by atoms with E-state index in [0.717, 1.165) is 5.56 Å². The van der Waals surface area contributed by atoms with Gasteiger partial charge in [-0.1, -0.05) is 29.8 Å². The van der Waals surface area contributed by atoms with Crippen LogP contribution in [0.15, 0.2) is 24.3 Å². The number of hydrogen-bond acceptors (Lipinski definition) is 7. The molecule has 1 fully saturated rings. The highest BCUT2D eigenvalue weighted by Crippen LogP contribution is 2.28. The van der Waals surface area contributed by atoms with Gasteiger partial charge in [0.1, 0.15) is 12.1 Å². The molecule has 1 aromatic rings. The number of ether oxygens (including phenoxy) is 2. The van der Waals surface area contributed by atoms with E-state index < -0.39 is 48.6 Å². The van der Waals surface area contributed by atoms with E-state index in [4.69, 9.17) is 4.74 Å². The Morgan fingerprint density at radius 1 is 1.14 bits per heavy atom. The van der Waals surface area contributed by atoms with E-state index in [1.807, 2.05) is 12.2 Å². The van der Waals surface area contributed by atoms with Gasteiger partial charge in [0.2, 0.25) is 0 Å². The molecule has 10 nitrogen and oxygen atoms in total. The molecule has 5 amide bonds. The van der Waals surface area contributed by atoms with Crippen LogP contribution >= 0.6 is 0 Å². The van der Waals surface area contributed by atoms with E-state index in [0.29, 0.717) is 10.5 Å². The number of amides is 5. The maximum atomic E-state index is 12.7. The van der Waals surface area contributed by atoms with Crippen LogP contribution in [0.5, 0.6) is 0 Å². The summed E-state index contributed by atoms with van der Waals surface area (Å²) < 4.78 is 9.21. The van der Waals surface area contributed by atoms with Crippen LogP contribution < -0.4 is 10.6 Å². The molecular weight excluding hydrogens is 370 g/mol. The number of imide groups is 2. The van der Waals surface area contributed by atoms with Crippen LogP contribution in [-0.2, 0) is 29.4 Å². The van der Waals surface area contributed by atoms with Crippen molar-refractivity contribution in [1.82, 2.24) is 15.5 Å². The van der Waals surface area contributed by atoms with Crippen molar-refractivity contribution in [1.29, 1.82) is 0 Å². The van der Waals surface area contributed by atoms with Gasteiger partial charge in [-0.25, -0.2) is 9.59 Å². The van der Waals surface area contributed by atoms with Crippen molar-refractivity contribution in [3.05, 3.63) is 35.4 Å². The van der Waals surface area contributed by atoms with Gasteiger partial charge in [-0.15, -0.1) is 0 Å². The smallest absolute Gasteiger partial charge is 0.413 e. The molecule has 10 heteroatoms. The zero-order valence-electron chi connectivity index (χ0n) is 15.7. The second-order valence-corrected chi connectivity index (χ2v) is 6.24. The van der Waals surface area contributed by atoms with Crippen molar-refractivity contribution in [2.45, 2.75) is 26.3 Å². The molecule has 0 aromatic heterocycles. The number of carbonyl (C=O) groups excluding carboxylic acids is 5. The van der Waals surface area contributed by atoms with Crippen molar-refractivity contribution in [3.63, 3.8) is 0 Å². The Hall–Kier alpha value is -3.43. The Bertz CT molecular complexity index is 806. The topological polar surface area (TPSA) is 131 Å². The second-order valence-electron chi connectivity index (χ2n) is 6.24. The summed E-state index contributed by atoms with van der Waals surface area (Å²) in [6.45, 7) is 3.64. The second kappa shape index (κ2) is 8.51. The number of alkyl carbamates (subject to hydrolysis) is 1. The SMILES string of the molecule is CCOC(=O)NC(=O)COC(=O)CN1C(=O)N[C@](C)(c2ccc(C)cc2)C1=O. The van der Waals surface area contributed by atoms with Crippen LogP contribution in [0.25, 0.3) is 0 Å². The number of nitrogens with zero attached hydrogens (tertiary/aromatic N) is 1. The minimum atomic E-state index is -1.31. The molecule has 0 aliphatic carbocycles. The third kappa shape index (κ3) is 4.64. The van der Waals surface area contributed by atoms with Crippen LogP contribution in [0.3, 0.4) is 0 Å². The van der Waals surface area contributed by atoms with Gasteiger partial charge < -0.3 is 14.8 Å². The normalized spacial score (nSPS) is 18.5. The average Bonchev–Trinajstić information content (AvgIpc) is 2.84. The van der Waals surface area contributed by atoms with Gasteiger partial charge >= 0.3 is 18.1 Å². The average molecular weight is 391 g/mol. The highest BCUT2D eigenvalue weighted by atomic mass is 16.6. The maximum absolute atomic E-state index is 12.7. The van der Waals surface area contributed by atoms with Crippen LogP contribution in [-0.4, -0.2) is 54.6 Å². The lowest BCUT2D eigenvalue weighted by atomic mass is 9.91. The first-order chi connectivity index (χ1) is 13.2. The van der Waals surface area contributed by atoms with Crippen molar-refractivity contribution in [3.8, 4) is 0 Å². The monoisotopic (exact) mass is 391 g/mol. The van der Waals surface area contributed by atoms with Crippen molar-refractivity contribution in [2.75, 3.05) is 19.8 Å². The number of rotatable bonds is 6. The fourth-order valence-electron chi connectivity index (χ4n) is 2.56. The number of hydrogen-bond donors (Lipinski definition) is 2. The van der Waals surface area contributed by atoms with E-state index in [1.54, 1.807) is 31.2 Å². The molecule has 2 N–H and O–H groups in total. The Morgan fingerprint density at radius 2 is 1.79 bits per heavy atom. The minimum Gasteiger partial charge on any atom is -0.454 e. The molecule has 0 spiro atoms. The summed E-state index contributed by atoms with van der Waals surface area (Å²) in [4.78, 5) is 60.1. The third-order valence-electron chi connectivity index (χ3n) is 4.07. The molecule has 1 heterocycles. The van der Waals surface area contributed by atoms with Gasteiger partial charge in [0.05, 0.1) is 6.61 Å². The molecule has 0 unspecified atom stereocenters. The molecule has 0 saturated carbocycles. The Kier molecular flexibility index (Phi) is 6.34. The van der Waals surface area contributed by atoms with Gasteiger partial charge in [0.15, 0.2) is 6.61 Å². The number of esters is 1. The molecule has 1 aliphatic rings. The van der Waals surface area contributed by atoms with Gasteiger partial charge in [0, 0.05) is 0 Å². The molecule has 0 bridgehead atoms. The summed E-state index contributed by atoms with van der Waals surface area (Å²) in [7, 11) is 0. The molecule has 1 aromatic carbocycles. The maximum Gasteiger partial charge on any atom is 0.413 e. The summed E-state index contributed by atoms with van der Waals surface area (Å²) >= 11 is 0. The predicted molar refractivity (Wildman–Crippen MR) is 94.9 cm³/mol. The number of nitrogens with one attached hydrogen (secondary N) is 2. The fourth-order valence-corrected chi connectivity index (χ4v) is 2.56. The molecule has 150 valence electrons. The quantitative estimate of drug-likeness (QED) is 0.535. The molecule has 1 saturated heterocycles. The minimum absolute atomic E-state index is 0.0742. The van der Waals surface area contributed by atoms with Gasteiger partial charge in [0.25, 0.3) is 11.8 Å². The van der Waals surface area contributed by atoms with E-state index in [-0.39, 0.29) is 6.61 Å². The summed E-state index contributed by atoms with van der Waals surface area (Å²) in [5, 5.41) is 4.41. The van der Waals surface area contributed by atoms with Crippen LogP contribution in [0.1, 0.15) is 25.0 Å². The van der Waals surface area contributed by atoms with Gasteiger partial charge in [-0.05, 0) is 26.3 Å². The first kappa shape index (κ1) is 20.9. The zero-order chi connectivity index (χ0) is 20.9. The highest BCUT2D eigenvalue weighted by molar-refractivity contribution is 6.08. The summed E-state index contributed by atoms with van der Waals surface area (Å²) in [6, 6.07) is 6.29. The van der Waals surface area contributed by atoms with Crippen LogP contribution in [0.4, 0.5) is 9.59 Å². The standard InChI is InChI=1S/C18H21N3O7/c1-4-27-17(26)19-13(22)10-28-14(23)9-21-15(24)18(3,20-16(21)25)12-7-5-11(2)6-8-12/h5-8H,4,9-10H2,1-3H3,(H,20,25)(H,19,22,26)/t18-/m1/s1. The number of carbonyl (C=O) groups is 5. The van der Waals surface area contributed by atoms with Crippen LogP contribution in [0.2, 0.25) is 0 Å². The molecule has 2 rings (SSSR count). The van der Waals surface area contributed by atoms with Crippen molar-refractivity contribution >= 4 is 29.9 Å². The zero-order valence-corrected chi connectivity index (χ0v) is 15.7. The lowest BCUT2D eigenvalue weighted by molar-refractivity contribution is -0.151. The lowest BCUT2D eigenvalue weighted by Crippen LogP contribution is -2.42. The van der Waals surface area contributed by atoms with Gasteiger partial charge in [-0.2, -0.15) is 0 Å². The largest absolute Gasteiger partial charge is 0.454 e. The summed E-state index contributed by atoms with van der Waals surface area (Å²) in [6.07, 6.45) is -0.966. The van der Waals surface area contributed by atoms with E-state index >= 15 is 0 Å². The molecular formula is C18H21N3O7.